The van der Waals surface area contributed by atoms with Crippen molar-refractivity contribution in [2.75, 3.05) is 0 Å². The van der Waals surface area contributed by atoms with Gasteiger partial charge in [0.1, 0.15) is 11.6 Å². The first kappa shape index (κ1) is 13.9. The Balaban J connectivity index is 2.43. The molecule has 102 valence electrons. The maximum Gasteiger partial charge on any atom is 0.254 e. The van der Waals surface area contributed by atoms with E-state index in [0.717, 1.165) is 16.3 Å². The summed E-state index contributed by atoms with van der Waals surface area (Å²) in [4.78, 5) is 11.6. The predicted octanol–water partition coefficient (Wildman–Crippen LogP) is 3.84. The minimum absolute atomic E-state index is 0.331. The lowest BCUT2D eigenvalue weighted by Gasteiger charge is -2.08. The maximum atomic E-state index is 12.9. The fourth-order valence-electron chi connectivity index (χ4n) is 1.79. The first-order valence-corrected chi connectivity index (χ1v) is 5.99. The number of hydrogen-bond donors (Lipinski definition) is 0. The zero-order valence-corrected chi connectivity index (χ0v) is 10.9. The van der Waals surface area contributed by atoms with Crippen LogP contribution in [0, 0.1) is 5.82 Å². The Hall–Kier alpha value is -2.49. The van der Waals surface area contributed by atoms with Crippen LogP contribution in [0.4, 0.5) is 8.78 Å². The molecule has 1 aromatic heterocycles. The first-order valence-electron chi connectivity index (χ1n) is 5.99. The molecule has 1 aromatic carbocycles. The third-order valence-electron chi connectivity index (χ3n) is 2.80. The molecule has 4 heteroatoms. The number of allylic oxidation sites excluding steroid dienone is 1. The van der Waals surface area contributed by atoms with Gasteiger partial charge < -0.3 is 0 Å². The minimum Gasteiger partial charge on any atom is -0.288 e. The van der Waals surface area contributed by atoms with Crippen LogP contribution in [0.5, 0.6) is 0 Å². The summed E-state index contributed by atoms with van der Waals surface area (Å²) in [6.45, 7) is 5.18. The van der Waals surface area contributed by atoms with Gasteiger partial charge in [-0.05, 0) is 41.8 Å². The lowest BCUT2D eigenvalue weighted by Crippen LogP contribution is -2.14. The predicted molar refractivity (Wildman–Crippen MR) is 76.3 cm³/mol. The van der Waals surface area contributed by atoms with Crippen LogP contribution < -0.4 is 5.56 Å². The molecule has 0 N–H and O–H groups in total. The summed E-state index contributed by atoms with van der Waals surface area (Å²) >= 11 is 0. The van der Waals surface area contributed by atoms with Crippen molar-refractivity contribution in [1.82, 2.24) is 4.57 Å². The van der Waals surface area contributed by atoms with Crippen LogP contribution in [0.1, 0.15) is 18.1 Å². The molecule has 0 bridgehead atoms. The van der Waals surface area contributed by atoms with Gasteiger partial charge in [0.2, 0.25) is 0 Å². The molecule has 0 unspecified atom stereocenters. The fourth-order valence-corrected chi connectivity index (χ4v) is 1.79. The van der Waals surface area contributed by atoms with Crippen LogP contribution in [0.15, 0.2) is 59.8 Å². The molecule has 2 rings (SSSR count). The molecule has 20 heavy (non-hydrogen) atoms. The third-order valence-corrected chi connectivity index (χ3v) is 2.80. The van der Waals surface area contributed by atoms with Crippen molar-refractivity contribution in [3.63, 3.8) is 0 Å². The number of nitrogens with zero attached hydrogens (tertiary/aromatic N) is 1. The van der Waals surface area contributed by atoms with Gasteiger partial charge >= 0.3 is 0 Å². The van der Waals surface area contributed by atoms with Crippen LogP contribution >= 0.6 is 0 Å². The van der Waals surface area contributed by atoms with E-state index in [4.69, 9.17) is 0 Å². The Morgan fingerprint density at radius 1 is 1.15 bits per heavy atom. The first-order chi connectivity index (χ1) is 9.47. The van der Waals surface area contributed by atoms with E-state index in [0.29, 0.717) is 11.1 Å². The second kappa shape index (κ2) is 5.65. The maximum absolute atomic E-state index is 12.9. The molecule has 1 heterocycles. The van der Waals surface area contributed by atoms with E-state index in [1.807, 2.05) is 0 Å². The molecule has 0 atom stereocenters. The number of rotatable bonds is 3. The Morgan fingerprint density at radius 3 is 2.35 bits per heavy atom. The van der Waals surface area contributed by atoms with Crippen LogP contribution in [-0.2, 0) is 0 Å². The number of benzene rings is 1. The lowest BCUT2D eigenvalue weighted by atomic mass is 10.0. The van der Waals surface area contributed by atoms with Gasteiger partial charge in [0.15, 0.2) is 0 Å². The van der Waals surface area contributed by atoms with Gasteiger partial charge in [-0.1, -0.05) is 18.7 Å². The summed E-state index contributed by atoms with van der Waals surface area (Å²) in [6.07, 6.45) is 2.60. The smallest absolute Gasteiger partial charge is 0.254 e. The van der Waals surface area contributed by atoms with Gasteiger partial charge in [-0.2, -0.15) is 0 Å². The summed E-state index contributed by atoms with van der Waals surface area (Å²) in [7, 11) is 0. The van der Waals surface area contributed by atoms with Crippen LogP contribution in [-0.4, -0.2) is 4.57 Å². The molecule has 0 fully saturated rings. The van der Waals surface area contributed by atoms with E-state index in [9.17, 15) is 13.6 Å². The molecule has 0 saturated carbocycles. The molecule has 0 spiro atoms. The number of halogens is 2. The Kier molecular flexibility index (Phi) is 3.94. The second-order valence-corrected chi connectivity index (χ2v) is 4.36. The van der Waals surface area contributed by atoms with Crippen molar-refractivity contribution in [2.24, 2.45) is 0 Å². The van der Waals surface area contributed by atoms with Crippen molar-refractivity contribution in [2.45, 2.75) is 6.92 Å². The molecule has 2 nitrogen and oxygen atoms in total. The molecule has 0 radical (unpaired) electrons. The average molecular weight is 273 g/mol. The Labute approximate surface area is 115 Å². The van der Waals surface area contributed by atoms with Gasteiger partial charge in [0.25, 0.3) is 5.56 Å². The average Bonchev–Trinajstić information content (AvgIpc) is 2.41. The summed E-state index contributed by atoms with van der Waals surface area (Å²) in [5, 5.41) is 0. The monoisotopic (exact) mass is 273 g/mol. The Morgan fingerprint density at radius 2 is 1.75 bits per heavy atom. The molecule has 0 aliphatic heterocycles. The van der Waals surface area contributed by atoms with Crippen LogP contribution in [0.25, 0.3) is 11.8 Å². The molecular formula is C16H13F2NO. The summed E-state index contributed by atoms with van der Waals surface area (Å²) < 4.78 is 26.9. The number of hydrogen-bond acceptors (Lipinski definition) is 1. The normalized spacial score (nSPS) is 11.4. The number of aromatic nitrogens is 1. The van der Waals surface area contributed by atoms with Gasteiger partial charge in [-0.25, -0.2) is 8.78 Å². The molecule has 0 aliphatic carbocycles. The van der Waals surface area contributed by atoms with E-state index < -0.39 is 5.83 Å². The van der Waals surface area contributed by atoms with E-state index in [2.05, 4.69) is 6.58 Å². The van der Waals surface area contributed by atoms with Gasteiger partial charge in [0, 0.05) is 18.5 Å². The molecule has 2 aromatic rings. The highest BCUT2D eigenvalue weighted by Gasteiger charge is 2.05. The van der Waals surface area contributed by atoms with Crippen molar-refractivity contribution in [1.29, 1.82) is 0 Å². The van der Waals surface area contributed by atoms with E-state index in [1.54, 1.807) is 18.2 Å². The zero-order valence-electron chi connectivity index (χ0n) is 10.9. The minimum atomic E-state index is -0.475. The van der Waals surface area contributed by atoms with Crippen molar-refractivity contribution >= 4 is 11.8 Å². The van der Waals surface area contributed by atoms with Crippen molar-refractivity contribution in [3.05, 3.63) is 82.3 Å². The second-order valence-electron chi connectivity index (χ2n) is 4.36. The van der Waals surface area contributed by atoms with Gasteiger partial charge in [-0.3, -0.25) is 9.36 Å². The quantitative estimate of drug-likeness (QED) is 0.833. The summed E-state index contributed by atoms with van der Waals surface area (Å²) in [5.74, 6) is -0.806. The van der Waals surface area contributed by atoms with Crippen molar-refractivity contribution in [3.8, 4) is 0 Å². The highest BCUT2D eigenvalue weighted by molar-refractivity contribution is 5.77. The Bertz CT molecular complexity index is 723. The highest BCUT2D eigenvalue weighted by Crippen LogP contribution is 2.20. The third kappa shape index (κ3) is 3.09. The molecule has 0 aliphatic rings. The zero-order chi connectivity index (χ0) is 14.7. The topological polar surface area (TPSA) is 22.0 Å². The van der Waals surface area contributed by atoms with Crippen molar-refractivity contribution < 1.29 is 8.78 Å². The molecule has 0 amide bonds. The summed E-state index contributed by atoms with van der Waals surface area (Å²) in [5.41, 5.74) is 1.69. The molecular weight excluding hydrogens is 260 g/mol. The van der Waals surface area contributed by atoms with E-state index >= 15 is 0 Å². The van der Waals surface area contributed by atoms with E-state index in [-0.39, 0.29) is 11.4 Å². The standard InChI is InChI=1S/C16H13F2NO/c1-11(17)9-19-10-14(5-8-16(19)20)12(2)13-3-6-15(18)7-4-13/h3-10H,2H2,1H3/b11-9-. The SMILES string of the molecule is C=C(c1ccc(F)cc1)c1ccc(=O)n(/C=C(/C)F)c1. The highest BCUT2D eigenvalue weighted by atomic mass is 19.1. The molecule has 0 saturated heterocycles. The van der Waals surface area contributed by atoms with Gasteiger partial charge in [0.05, 0.1) is 0 Å². The van der Waals surface area contributed by atoms with Gasteiger partial charge in [-0.15, -0.1) is 0 Å². The fraction of sp³-hybridized carbons (Fsp3) is 0.0625. The van der Waals surface area contributed by atoms with Crippen LogP contribution in [0.3, 0.4) is 0 Å². The van der Waals surface area contributed by atoms with E-state index in [1.165, 1.54) is 31.3 Å². The largest absolute Gasteiger partial charge is 0.288 e. The van der Waals surface area contributed by atoms with Crippen LogP contribution in [0.2, 0.25) is 0 Å². The number of pyridine rings is 1. The lowest BCUT2D eigenvalue weighted by molar-refractivity contribution is 0.627. The summed E-state index contributed by atoms with van der Waals surface area (Å²) in [6, 6.07) is 8.81.